The second-order valence-corrected chi connectivity index (χ2v) is 9.73. The summed E-state index contributed by atoms with van der Waals surface area (Å²) in [5.41, 5.74) is 1.17. The van der Waals surface area contributed by atoms with Gasteiger partial charge in [0, 0.05) is 36.6 Å². The first-order valence-corrected chi connectivity index (χ1v) is 12.6. The predicted molar refractivity (Wildman–Crippen MR) is 147 cm³/mol. The Bertz CT molecular complexity index is 1180. The molecule has 1 amide bonds. The smallest absolute Gasteiger partial charge is 0.414 e. The number of thiocarbonyl (C=S) groups is 1. The number of hydrogen-bond donors (Lipinski definition) is 2. The molecule has 4 rings (SSSR count). The molecule has 1 atom stereocenters. The highest BCUT2D eigenvalue weighted by atomic mass is 32.1. The highest BCUT2D eigenvalue weighted by Crippen LogP contribution is 2.32. The highest BCUT2D eigenvalue weighted by Gasteiger charge is 2.36. The first kappa shape index (κ1) is 28.6. The van der Waals surface area contributed by atoms with Crippen LogP contribution in [0.4, 0.5) is 20.6 Å². The van der Waals surface area contributed by atoms with Gasteiger partial charge in [-0.05, 0) is 37.6 Å². The van der Waals surface area contributed by atoms with Crippen LogP contribution in [0.3, 0.4) is 0 Å². The monoisotopic (exact) mass is 542 g/mol. The van der Waals surface area contributed by atoms with Crippen molar-refractivity contribution in [3.63, 3.8) is 0 Å². The van der Waals surface area contributed by atoms with Crippen LogP contribution >= 0.6 is 12.2 Å². The second-order valence-electron chi connectivity index (χ2n) is 9.12. The summed E-state index contributed by atoms with van der Waals surface area (Å²) in [6, 6.07) is 7.25. The van der Waals surface area contributed by atoms with Gasteiger partial charge in [0.2, 0.25) is 0 Å². The van der Waals surface area contributed by atoms with Gasteiger partial charge in [-0.1, -0.05) is 36.5 Å². The van der Waals surface area contributed by atoms with E-state index < -0.39 is 22.4 Å². The van der Waals surface area contributed by atoms with Gasteiger partial charge in [-0.2, -0.15) is 5.26 Å². The molecule has 2 aliphatic heterocycles. The number of rotatable bonds is 6. The summed E-state index contributed by atoms with van der Waals surface area (Å²) in [6.07, 6.45) is 11.1. The van der Waals surface area contributed by atoms with Gasteiger partial charge in [-0.3, -0.25) is 15.0 Å². The largest absolute Gasteiger partial charge is 0.442 e. The number of nitro groups is 1. The molecule has 3 aliphatic rings. The molecule has 2 saturated heterocycles. The van der Waals surface area contributed by atoms with Gasteiger partial charge >= 0.3 is 6.09 Å². The van der Waals surface area contributed by atoms with Crippen LogP contribution in [-0.4, -0.2) is 60.9 Å². The number of nitrogens with zero attached hydrogens (tertiary/aromatic N) is 4. The maximum atomic E-state index is 15.1. The van der Waals surface area contributed by atoms with E-state index in [-0.39, 0.29) is 6.10 Å². The zero-order valence-corrected chi connectivity index (χ0v) is 22.2. The number of anilines is 2. The molecule has 0 bridgehead atoms. The van der Waals surface area contributed by atoms with E-state index in [1.54, 1.807) is 19.1 Å². The molecule has 0 saturated carbocycles. The van der Waals surface area contributed by atoms with Gasteiger partial charge in [0.1, 0.15) is 17.5 Å². The number of cyclic esters (lactones) is 1. The van der Waals surface area contributed by atoms with Gasteiger partial charge < -0.3 is 20.3 Å². The molecule has 1 unspecified atom stereocenters. The minimum Gasteiger partial charge on any atom is -0.442 e. The van der Waals surface area contributed by atoms with E-state index in [0.717, 1.165) is 19.2 Å². The number of nitrogens with one attached hydrogen (secondary N) is 2. The minimum atomic E-state index is -0.684. The summed E-state index contributed by atoms with van der Waals surface area (Å²) in [5.74, 6) is -0.403. The fraction of sp³-hybridized carbons (Fsp3) is 0.423. The van der Waals surface area contributed by atoms with E-state index in [1.165, 1.54) is 11.0 Å². The van der Waals surface area contributed by atoms with Crippen molar-refractivity contribution >= 4 is 34.7 Å². The molecule has 0 spiro atoms. The van der Waals surface area contributed by atoms with Gasteiger partial charge in [-0.15, -0.1) is 0 Å². The van der Waals surface area contributed by atoms with Crippen LogP contribution in [0.1, 0.15) is 26.2 Å². The lowest BCUT2D eigenvalue weighted by molar-refractivity contribution is -0.445. The molecular weight excluding hydrogens is 511 g/mol. The molecule has 0 aromatic heterocycles. The fourth-order valence-corrected chi connectivity index (χ4v) is 4.44. The van der Waals surface area contributed by atoms with Gasteiger partial charge in [0.05, 0.1) is 35.5 Å². The van der Waals surface area contributed by atoms with E-state index in [4.69, 9.17) is 27.1 Å². The standard InChI is InChI=1S/C25H28FN5O2S.CH3NO2/c1-18(34)28-15-21-16-31(24(32)33-21)20-8-9-23(22(26)14-20)30-12-10-25(17-27,11-13-30)29-19-6-4-2-3-5-7-19;1-2(3)4/h2-4,6-9,14,21,29H,5,10-13,15-16H2,1H3,(H,28,34);1H3. The lowest BCUT2D eigenvalue weighted by atomic mass is 9.88. The van der Waals surface area contributed by atoms with E-state index in [9.17, 15) is 10.1 Å². The number of hydrogen-bond acceptors (Lipinski definition) is 8. The number of nitriles is 1. The number of carbonyl (C=O) groups excluding carboxylic acids is 1. The molecule has 38 heavy (non-hydrogen) atoms. The van der Waals surface area contributed by atoms with Crippen LogP contribution < -0.4 is 20.4 Å². The Kier molecular flexibility index (Phi) is 9.78. The molecule has 202 valence electrons. The molecule has 2 N–H and O–H groups in total. The van der Waals surface area contributed by atoms with Gasteiger partial charge in [0.25, 0.3) is 0 Å². The first-order chi connectivity index (χ1) is 18.1. The van der Waals surface area contributed by atoms with Crippen molar-refractivity contribution in [2.45, 2.75) is 37.8 Å². The lowest BCUT2D eigenvalue weighted by Gasteiger charge is -2.39. The van der Waals surface area contributed by atoms with E-state index in [0.29, 0.717) is 55.4 Å². The molecule has 10 nitrogen and oxygen atoms in total. The highest BCUT2D eigenvalue weighted by molar-refractivity contribution is 7.80. The van der Waals surface area contributed by atoms with Crippen molar-refractivity contribution in [2.75, 3.05) is 43.0 Å². The summed E-state index contributed by atoms with van der Waals surface area (Å²) < 4.78 is 20.5. The number of amides is 1. The van der Waals surface area contributed by atoms with E-state index in [2.05, 4.69) is 28.9 Å². The maximum absolute atomic E-state index is 15.1. The number of ether oxygens (including phenoxy) is 1. The normalized spacial score (nSPS) is 19.8. The number of halogens is 1. The third-order valence-corrected chi connectivity index (χ3v) is 6.39. The van der Waals surface area contributed by atoms with Gasteiger partial charge in [0.15, 0.2) is 7.05 Å². The van der Waals surface area contributed by atoms with Crippen LogP contribution in [0.15, 0.2) is 54.3 Å². The average molecular weight is 543 g/mol. The molecule has 0 radical (unpaired) electrons. The Hall–Kier alpha value is -3.98. The number of benzene rings is 1. The molecule has 1 aromatic rings. The quantitative estimate of drug-likeness (QED) is 0.314. The molecule has 2 fully saturated rings. The molecule has 1 aromatic carbocycles. The summed E-state index contributed by atoms with van der Waals surface area (Å²) in [6.45, 7) is 3.60. The van der Waals surface area contributed by atoms with Crippen LogP contribution in [0.5, 0.6) is 0 Å². The Morgan fingerprint density at radius 1 is 1.37 bits per heavy atom. The van der Waals surface area contributed by atoms with Crippen molar-refractivity contribution in [2.24, 2.45) is 0 Å². The lowest BCUT2D eigenvalue weighted by Crippen LogP contribution is -2.52. The Labute approximate surface area is 226 Å². The average Bonchev–Trinajstić information content (AvgIpc) is 3.06. The van der Waals surface area contributed by atoms with Crippen LogP contribution in [-0.2, 0) is 4.74 Å². The Morgan fingerprint density at radius 3 is 2.71 bits per heavy atom. The predicted octanol–water partition coefficient (Wildman–Crippen LogP) is 3.83. The Morgan fingerprint density at radius 2 is 2.08 bits per heavy atom. The summed E-state index contributed by atoms with van der Waals surface area (Å²) in [5, 5.41) is 25.1. The first-order valence-electron chi connectivity index (χ1n) is 12.2. The number of allylic oxidation sites excluding steroid dienone is 5. The van der Waals surface area contributed by atoms with Crippen LogP contribution in [0, 0.1) is 27.3 Å². The molecule has 12 heteroatoms. The maximum Gasteiger partial charge on any atom is 0.414 e. The molecule has 1 aliphatic carbocycles. The third kappa shape index (κ3) is 7.76. The van der Waals surface area contributed by atoms with Crippen molar-refractivity contribution in [3.8, 4) is 6.07 Å². The Balaban J connectivity index is 0.000000934. The topological polar surface area (TPSA) is 124 Å². The zero-order chi connectivity index (χ0) is 27.7. The van der Waals surface area contributed by atoms with E-state index in [1.807, 2.05) is 23.1 Å². The zero-order valence-electron chi connectivity index (χ0n) is 21.4. The fourth-order valence-electron chi connectivity index (χ4n) is 4.36. The molecular formula is C26H31FN6O4S. The summed E-state index contributed by atoms with van der Waals surface area (Å²) in [7, 11) is 0.889. The van der Waals surface area contributed by atoms with Crippen LogP contribution in [0.2, 0.25) is 0 Å². The number of piperidine rings is 1. The van der Waals surface area contributed by atoms with Gasteiger partial charge in [-0.25, -0.2) is 9.18 Å². The number of carbonyl (C=O) groups is 1. The minimum absolute atomic E-state index is 0.327. The SMILES string of the molecule is CC(=S)NCC1CN(c2ccc(N3CCC(C#N)(NC4=CCC=CC=C4)CC3)c(F)c2)C(=O)O1.C[N+](=O)[O-]. The van der Waals surface area contributed by atoms with Crippen molar-refractivity contribution in [1.29, 1.82) is 5.26 Å². The van der Waals surface area contributed by atoms with Crippen molar-refractivity contribution < 1.29 is 18.8 Å². The van der Waals surface area contributed by atoms with Crippen molar-refractivity contribution in [3.05, 3.63) is 70.2 Å². The van der Waals surface area contributed by atoms with Crippen molar-refractivity contribution in [1.82, 2.24) is 10.6 Å². The third-order valence-electron chi connectivity index (χ3n) is 6.25. The summed E-state index contributed by atoms with van der Waals surface area (Å²) >= 11 is 4.99. The second kappa shape index (κ2) is 13.0. The molecule has 2 heterocycles. The summed E-state index contributed by atoms with van der Waals surface area (Å²) in [4.78, 5) is 24.6. The van der Waals surface area contributed by atoms with Crippen LogP contribution in [0.25, 0.3) is 0 Å². The van der Waals surface area contributed by atoms with E-state index >= 15 is 4.39 Å².